The number of thiocarbonyl (C=S) groups is 1. The van der Waals surface area contributed by atoms with Gasteiger partial charge in [-0.1, -0.05) is 49.3 Å². The Morgan fingerprint density at radius 1 is 1.42 bits per heavy atom. The number of carbonyl (C=O) groups is 1. The molecule has 0 aliphatic carbocycles. The molecule has 0 fully saturated rings. The summed E-state index contributed by atoms with van der Waals surface area (Å²) < 4.78 is 0. The summed E-state index contributed by atoms with van der Waals surface area (Å²) in [6.07, 6.45) is 2.34. The van der Waals surface area contributed by atoms with Gasteiger partial charge in [0.05, 0.1) is 10.9 Å². The van der Waals surface area contributed by atoms with Gasteiger partial charge in [-0.15, -0.1) is 0 Å². The topological polar surface area (TPSA) is 55.1 Å². The lowest BCUT2D eigenvalue weighted by Crippen LogP contribution is -2.38. The smallest absolute Gasteiger partial charge is 0.229 e. The average molecular weight is 299 g/mol. The zero-order chi connectivity index (χ0) is 14.3. The highest BCUT2D eigenvalue weighted by Gasteiger charge is 2.19. The van der Waals surface area contributed by atoms with E-state index in [2.05, 4.69) is 5.32 Å². The fraction of sp³-hybridized carbons (Fsp3) is 0.429. The number of halogens is 1. The average Bonchev–Trinajstić information content (AvgIpc) is 2.37. The van der Waals surface area contributed by atoms with Crippen LogP contribution in [0.1, 0.15) is 25.3 Å². The first kappa shape index (κ1) is 15.9. The normalized spacial score (nSPS) is 11.9. The highest BCUT2D eigenvalue weighted by atomic mass is 35.5. The maximum atomic E-state index is 11.9. The van der Waals surface area contributed by atoms with Crippen molar-refractivity contribution in [2.75, 3.05) is 6.54 Å². The first-order chi connectivity index (χ1) is 9.04. The van der Waals surface area contributed by atoms with Crippen molar-refractivity contribution in [3.8, 4) is 0 Å². The molecule has 1 atom stereocenters. The third-order valence-electron chi connectivity index (χ3n) is 2.86. The maximum Gasteiger partial charge on any atom is 0.229 e. The molecule has 0 heterocycles. The molecule has 0 saturated heterocycles. The molecule has 104 valence electrons. The molecule has 0 bridgehead atoms. The minimum atomic E-state index is -0.356. The molecule has 0 radical (unpaired) electrons. The number of hydrogen-bond acceptors (Lipinski definition) is 2. The van der Waals surface area contributed by atoms with Crippen LogP contribution in [0.3, 0.4) is 0 Å². The van der Waals surface area contributed by atoms with Crippen molar-refractivity contribution in [2.45, 2.75) is 26.2 Å². The fourth-order valence-corrected chi connectivity index (χ4v) is 2.15. The number of benzene rings is 1. The lowest BCUT2D eigenvalue weighted by molar-refractivity contribution is -0.123. The Balaban J connectivity index is 2.41. The Kier molecular flexibility index (Phi) is 6.81. The first-order valence-electron chi connectivity index (χ1n) is 6.36. The Bertz CT molecular complexity index is 434. The summed E-state index contributed by atoms with van der Waals surface area (Å²) in [6.45, 7) is 2.58. The standard InChI is InChI=1S/C14H19ClN2OS/c1-2-3-12(13(16)19)14(18)17-9-8-10-4-6-11(15)7-5-10/h4-7,12H,2-3,8-9H2,1H3,(H2,16,19)(H,17,18). The molecule has 1 aromatic rings. The molecule has 1 amide bonds. The summed E-state index contributed by atoms with van der Waals surface area (Å²) in [4.78, 5) is 12.2. The number of rotatable bonds is 7. The van der Waals surface area contributed by atoms with Gasteiger partial charge >= 0.3 is 0 Å². The summed E-state index contributed by atoms with van der Waals surface area (Å²) in [6, 6.07) is 7.58. The molecular weight excluding hydrogens is 280 g/mol. The van der Waals surface area contributed by atoms with Gasteiger partial charge in [-0.2, -0.15) is 0 Å². The predicted molar refractivity (Wildman–Crippen MR) is 83.3 cm³/mol. The zero-order valence-corrected chi connectivity index (χ0v) is 12.6. The van der Waals surface area contributed by atoms with Crippen molar-refractivity contribution in [3.63, 3.8) is 0 Å². The van der Waals surface area contributed by atoms with Crippen molar-refractivity contribution < 1.29 is 4.79 Å². The quantitative estimate of drug-likeness (QED) is 0.761. The number of amides is 1. The van der Waals surface area contributed by atoms with E-state index in [1.807, 2.05) is 31.2 Å². The molecule has 3 N–H and O–H groups in total. The maximum absolute atomic E-state index is 11.9. The highest BCUT2D eigenvalue weighted by molar-refractivity contribution is 7.80. The van der Waals surface area contributed by atoms with E-state index < -0.39 is 0 Å². The second-order valence-electron chi connectivity index (χ2n) is 4.41. The molecule has 1 aromatic carbocycles. The molecule has 0 aromatic heterocycles. The van der Waals surface area contributed by atoms with E-state index >= 15 is 0 Å². The molecule has 0 aliphatic rings. The lowest BCUT2D eigenvalue weighted by Gasteiger charge is -2.14. The van der Waals surface area contributed by atoms with Crippen LogP contribution in [0.25, 0.3) is 0 Å². The van der Waals surface area contributed by atoms with E-state index in [0.717, 1.165) is 18.4 Å². The zero-order valence-electron chi connectivity index (χ0n) is 11.0. The second kappa shape index (κ2) is 8.12. The summed E-state index contributed by atoms with van der Waals surface area (Å²) in [5.74, 6) is -0.437. The minimum absolute atomic E-state index is 0.0803. The van der Waals surface area contributed by atoms with Crippen LogP contribution in [0.5, 0.6) is 0 Å². The first-order valence-corrected chi connectivity index (χ1v) is 7.14. The highest BCUT2D eigenvalue weighted by Crippen LogP contribution is 2.10. The van der Waals surface area contributed by atoms with Crippen LogP contribution in [0.15, 0.2) is 24.3 Å². The number of nitrogens with two attached hydrogens (primary N) is 1. The Labute approximate surface area is 124 Å². The predicted octanol–water partition coefficient (Wildman–Crippen LogP) is 2.70. The third-order valence-corrected chi connectivity index (χ3v) is 3.40. The van der Waals surface area contributed by atoms with Gasteiger partial charge in [-0.3, -0.25) is 4.79 Å². The number of hydrogen-bond donors (Lipinski definition) is 2. The molecule has 0 spiro atoms. The molecule has 5 heteroatoms. The van der Waals surface area contributed by atoms with Gasteiger partial charge in [0.1, 0.15) is 0 Å². The van der Waals surface area contributed by atoms with Gasteiger partial charge in [0.2, 0.25) is 5.91 Å². The number of carbonyl (C=O) groups excluding carboxylic acids is 1. The van der Waals surface area contributed by atoms with E-state index in [-0.39, 0.29) is 16.8 Å². The molecular formula is C14H19ClN2OS. The van der Waals surface area contributed by atoms with E-state index in [4.69, 9.17) is 29.6 Å². The van der Waals surface area contributed by atoms with Gasteiger partial charge in [0.25, 0.3) is 0 Å². The van der Waals surface area contributed by atoms with Crippen LogP contribution in [0.2, 0.25) is 5.02 Å². The summed E-state index contributed by atoms with van der Waals surface area (Å²) in [5.41, 5.74) is 6.71. The molecule has 1 unspecified atom stereocenters. The van der Waals surface area contributed by atoms with Crippen LogP contribution in [-0.2, 0) is 11.2 Å². The minimum Gasteiger partial charge on any atom is -0.393 e. The lowest BCUT2D eigenvalue weighted by atomic mass is 10.0. The van der Waals surface area contributed by atoms with Crippen LogP contribution in [0, 0.1) is 5.92 Å². The van der Waals surface area contributed by atoms with Crippen LogP contribution in [-0.4, -0.2) is 17.4 Å². The van der Waals surface area contributed by atoms with Crippen molar-refractivity contribution in [1.82, 2.24) is 5.32 Å². The fourth-order valence-electron chi connectivity index (χ4n) is 1.80. The largest absolute Gasteiger partial charge is 0.393 e. The second-order valence-corrected chi connectivity index (χ2v) is 5.32. The van der Waals surface area contributed by atoms with Gasteiger partial charge in [-0.25, -0.2) is 0 Å². The molecule has 0 aliphatic heterocycles. The van der Waals surface area contributed by atoms with Gasteiger partial charge in [-0.05, 0) is 30.5 Å². The van der Waals surface area contributed by atoms with Gasteiger partial charge in [0.15, 0.2) is 0 Å². The molecule has 3 nitrogen and oxygen atoms in total. The van der Waals surface area contributed by atoms with E-state index in [1.54, 1.807) is 0 Å². The summed E-state index contributed by atoms with van der Waals surface area (Å²) in [5, 5.41) is 3.58. The Morgan fingerprint density at radius 2 is 2.05 bits per heavy atom. The van der Waals surface area contributed by atoms with Crippen molar-refractivity contribution in [1.29, 1.82) is 0 Å². The Morgan fingerprint density at radius 3 is 2.58 bits per heavy atom. The summed E-state index contributed by atoms with van der Waals surface area (Å²) >= 11 is 10.7. The third kappa shape index (κ3) is 5.57. The molecule has 0 saturated carbocycles. The van der Waals surface area contributed by atoms with Crippen molar-refractivity contribution >= 4 is 34.7 Å². The van der Waals surface area contributed by atoms with Gasteiger partial charge < -0.3 is 11.1 Å². The van der Waals surface area contributed by atoms with E-state index in [9.17, 15) is 4.79 Å². The van der Waals surface area contributed by atoms with E-state index in [1.165, 1.54) is 0 Å². The van der Waals surface area contributed by atoms with Gasteiger partial charge in [0, 0.05) is 11.6 Å². The SMILES string of the molecule is CCCC(C(=O)NCCc1ccc(Cl)cc1)C(N)=S. The Hall–Kier alpha value is -1.13. The summed E-state index contributed by atoms with van der Waals surface area (Å²) in [7, 11) is 0. The van der Waals surface area contributed by atoms with Crippen LogP contribution >= 0.6 is 23.8 Å². The van der Waals surface area contributed by atoms with Crippen molar-refractivity contribution in [3.05, 3.63) is 34.9 Å². The number of nitrogens with one attached hydrogen (secondary N) is 1. The molecule has 19 heavy (non-hydrogen) atoms. The van der Waals surface area contributed by atoms with Crippen LogP contribution < -0.4 is 11.1 Å². The van der Waals surface area contributed by atoms with Crippen LogP contribution in [0.4, 0.5) is 0 Å². The van der Waals surface area contributed by atoms with E-state index in [0.29, 0.717) is 18.0 Å². The molecule has 1 rings (SSSR count). The monoisotopic (exact) mass is 298 g/mol. The van der Waals surface area contributed by atoms with Crippen molar-refractivity contribution in [2.24, 2.45) is 11.7 Å².